The summed E-state index contributed by atoms with van der Waals surface area (Å²) in [5.74, 6) is 2.55. The monoisotopic (exact) mass is 315 g/mol. The van der Waals surface area contributed by atoms with Gasteiger partial charge < -0.3 is 15.5 Å². The van der Waals surface area contributed by atoms with Crippen molar-refractivity contribution in [3.8, 4) is 0 Å². The zero-order valence-electron chi connectivity index (χ0n) is 13.6. The van der Waals surface area contributed by atoms with E-state index in [0.29, 0.717) is 5.92 Å². The number of anilines is 2. The molecule has 7 nitrogen and oxygen atoms in total. The minimum Gasteiger partial charge on any atom is -0.373 e. The molecule has 3 rings (SSSR count). The van der Waals surface area contributed by atoms with Gasteiger partial charge in [0.15, 0.2) is 0 Å². The summed E-state index contributed by atoms with van der Waals surface area (Å²) in [5.41, 5.74) is 0. The van der Waals surface area contributed by atoms with Crippen molar-refractivity contribution in [2.75, 3.05) is 43.4 Å². The zero-order valence-corrected chi connectivity index (χ0v) is 13.6. The van der Waals surface area contributed by atoms with Crippen LogP contribution in [0.5, 0.6) is 0 Å². The second kappa shape index (κ2) is 7.92. The number of piperidine rings is 1. The van der Waals surface area contributed by atoms with E-state index < -0.39 is 0 Å². The van der Waals surface area contributed by atoms with Gasteiger partial charge in [0.05, 0.1) is 6.54 Å². The summed E-state index contributed by atoms with van der Waals surface area (Å²) in [6.07, 6.45) is 7.94. The minimum absolute atomic E-state index is 0.661. The van der Waals surface area contributed by atoms with Gasteiger partial charge in [-0.2, -0.15) is 5.10 Å². The Morgan fingerprint density at radius 1 is 1.35 bits per heavy atom. The molecule has 3 heterocycles. The summed E-state index contributed by atoms with van der Waals surface area (Å²) >= 11 is 0. The molecule has 2 N–H and O–H groups in total. The molecule has 1 aliphatic heterocycles. The molecule has 0 bridgehead atoms. The molecule has 0 radical (unpaired) electrons. The molecule has 7 heteroatoms. The number of nitrogens with one attached hydrogen (secondary N) is 2. The van der Waals surface area contributed by atoms with Crippen molar-refractivity contribution in [2.45, 2.75) is 19.4 Å². The lowest BCUT2D eigenvalue weighted by Crippen LogP contribution is -2.40. The van der Waals surface area contributed by atoms with Crippen LogP contribution in [0.2, 0.25) is 0 Å². The van der Waals surface area contributed by atoms with E-state index in [2.05, 4.69) is 30.6 Å². The first-order valence-electron chi connectivity index (χ1n) is 8.28. The third-order valence-electron chi connectivity index (χ3n) is 4.26. The molecule has 0 aliphatic carbocycles. The molecule has 2 aromatic rings. The molecule has 1 aliphatic rings. The molecule has 0 spiro atoms. The largest absolute Gasteiger partial charge is 0.373 e. The highest BCUT2D eigenvalue weighted by Gasteiger charge is 2.20. The van der Waals surface area contributed by atoms with E-state index in [1.807, 2.05) is 36.3 Å². The number of aromatic nitrogens is 4. The molecular formula is C16H25N7. The van der Waals surface area contributed by atoms with Crippen LogP contribution in [0.4, 0.5) is 11.6 Å². The Morgan fingerprint density at radius 2 is 2.30 bits per heavy atom. The van der Waals surface area contributed by atoms with Gasteiger partial charge in [0, 0.05) is 45.1 Å². The Kier molecular flexibility index (Phi) is 5.42. The average Bonchev–Trinajstić information content (AvgIpc) is 3.12. The lowest BCUT2D eigenvalue weighted by atomic mass is 9.98. The molecular weight excluding hydrogens is 290 g/mol. The quantitative estimate of drug-likeness (QED) is 0.749. The fraction of sp³-hybridized carbons (Fsp3) is 0.562. The Hall–Kier alpha value is -2.15. The van der Waals surface area contributed by atoms with Crippen LogP contribution >= 0.6 is 0 Å². The first kappa shape index (κ1) is 15.7. The van der Waals surface area contributed by atoms with E-state index in [1.54, 1.807) is 6.33 Å². The number of nitrogens with zero attached hydrogens (tertiary/aromatic N) is 5. The van der Waals surface area contributed by atoms with Crippen molar-refractivity contribution < 1.29 is 0 Å². The van der Waals surface area contributed by atoms with Gasteiger partial charge in [-0.3, -0.25) is 4.68 Å². The van der Waals surface area contributed by atoms with Crippen LogP contribution in [-0.4, -0.2) is 53.0 Å². The second-order valence-electron chi connectivity index (χ2n) is 5.94. The predicted molar refractivity (Wildman–Crippen MR) is 91.6 cm³/mol. The van der Waals surface area contributed by atoms with Crippen LogP contribution in [0.15, 0.2) is 30.9 Å². The van der Waals surface area contributed by atoms with E-state index in [0.717, 1.165) is 44.4 Å². The van der Waals surface area contributed by atoms with Gasteiger partial charge in [-0.15, -0.1) is 0 Å². The predicted octanol–water partition coefficient (Wildman–Crippen LogP) is 1.22. The fourth-order valence-electron chi connectivity index (χ4n) is 3.03. The van der Waals surface area contributed by atoms with Crippen molar-refractivity contribution in [1.82, 2.24) is 25.1 Å². The van der Waals surface area contributed by atoms with Gasteiger partial charge in [0.1, 0.15) is 18.0 Å². The summed E-state index contributed by atoms with van der Waals surface area (Å²) in [6.45, 7) is 5.04. The smallest absolute Gasteiger partial charge is 0.134 e. The molecule has 124 valence electrons. The maximum Gasteiger partial charge on any atom is 0.134 e. The standard InChI is InChI=1S/C16H25N7/c1-17-15-10-16(20-13-19-15)22-7-2-4-14(12-22)11-18-6-9-23-8-3-5-21-23/h3,5,8,10,13-14,18H,2,4,6-7,9,11-12H2,1H3,(H,17,19,20). The van der Waals surface area contributed by atoms with E-state index in [1.165, 1.54) is 12.8 Å². The van der Waals surface area contributed by atoms with Crippen molar-refractivity contribution in [1.29, 1.82) is 0 Å². The summed E-state index contributed by atoms with van der Waals surface area (Å²) in [6, 6.07) is 3.98. The van der Waals surface area contributed by atoms with Crippen LogP contribution in [0.25, 0.3) is 0 Å². The van der Waals surface area contributed by atoms with Gasteiger partial charge in [0.25, 0.3) is 0 Å². The lowest BCUT2D eigenvalue weighted by molar-refractivity contribution is 0.385. The molecule has 2 aromatic heterocycles. The fourth-order valence-corrected chi connectivity index (χ4v) is 3.03. The molecule has 0 aromatic carbocycles. The second-order valence-corrected chi connectivity index (χ2v) is 5.94. The summed E-state index contributed by atoms with van der Waals surface area (Å²) < 4.78 is 1.96. The summed E-state index contributed by atoms with van der Waals surface area (Å²) in [7, 11) is 1.88. The number of hydrogen-bond acceptors (Lipinski definition) is 6. The van der Waals surface area contributed by atoms with E-state index in [4.69, 9.17) is 0 Å². The molecule has 1 unspecified atom stereocenters. The van der Waals surface area contributed by atoms with Crippen molar-refractivity contribution >= 4 is 11.6 Å². The summed E-state index contributed by atoms with van der Waals surface area (Å²) in [5, 5.41) is 10.8. The molecule has 0 amide bonds. The van der Waals surface area contributed by atoms with E-state index in [9.17, 15) is 0 Å². The summed E-state index contributed by atoms with van der Waals surface area (Å²) in [4.78, 5) is 11.0. The molecule has 1 saturated heterocycles. The van der Waals surface area contributed by atoms with Gasteiger partial charge in [0.2, 0.25) is 0 Å². The topological polar surface area (TPSA) is 70.9 Å². The molecule has 1 fully saturated rings. The maximum absolute atomic E-state index is 4.42. The first-order valence-corrected chi connectivity index (χ1v) is 8.28. The zero-order chi connectivity index (χ0) is 15.9. The van der Waals surface area contributed by atoms with Gasteiger partial charge in [-0.25, -0.2) is 9.97 Å². The molecule has 0 saturated carbocycles. The van der Waals surface area contributed by atoms with Crippen LogP contribution in [-0.2, 0) is 6.54 Å². The normalized spacial score (nSPS) is 18.1. The van der Waals surface area contributed by atoms with Crippen molar-refractivity contribution in [3.05, 3.63) is 30.9 Å². The van der Waals surface area contributed by atoms with Crippen LogP contribution < -0.4 is 15.5 Å². The highest BCUT2D eigenvalue weighted by molar-refractivity contribution is 5.48. The van der Waals surface area contributed by atoms with Crippen molar-refractivity contribution in [2.24, 2.45) is 5.92 Å². The lowest BCUT2D eigenvalue weighted by Gasteiger charge is -2.33. The first-order chi connectivity index (χ1) is 11.3. The van der Waals surface area contributed by atoms with E-state index in [-0.39, 0.29) is 0 Å². The third kappa shape index (κ3) is 4.41. The molecule has 1 atom stereocenters. The Balaban J connectivity index is 1.46. The Bertz CT molecular complexity index is 584. The van der Waals surface area contributed by atoms with Gasteiger partial charge in [-0.1, -0.05) is 0 Å². The third-order valence-corrected chi connectivity index (χ3v) is 4.26. The van der Waals surface area contributed by atoms with Crippen LogP contribution in [0.3, 0.4) is 0 Å². The molecule has 23 heavy (non-hydrogen) atoms. The van der Waals surface area contributed by atoms with E-state index >= 15 is 0 Å². The van der Waals surface area contributed by atoms with Gasteiger partial charge in [-0.05, 0) is 31.4 Å². The Labute approximate surface area is 137 Å². The Morgan fingerprint density at radius 3 is 3.13 bits per heavy atom. The van der Waals surface area contributed by atoms with Crippen molar-refractivity contribution in [3.63, 3.8) is 0 Å². The SMILES string of the molecule is CNc1cc(N2CCCC(CNCCn3cccn3)C2)ncn1. The van der Waals surface area contributed by atoms with Gasteiger partial charge >= 0.3 is 0 Å². The maximum atomic E-state index is 4.42. The highest BCUT2D eigenvalue weighted by atomic mass is 15.3. The average molecular weight is 315 g/mol. The number of rotatable bonds is 7. The van der Waals surface area contributed by atoms with Crippen LogP contribution in [0.1, 0.15) is 12.8 Å². The minimum atomic E-state index is 0.661. The van der Waals surface area contributed by atoms with Crippen LogP contribution in [0, 0.1) is 5.92 Å². The highest BCUT2D eigenvalue weighted by Crippen LogP contribution is 2.22. The number of hydrogen-bond donors (Lipinski definition) is 2.